The lowest BCUT2D eigenvalue weighted by Gasteiger charge is -2.21. The van der Waals surface area contributed by atoms with Gasteiger partial charge in [0.2, 0.25) is 5.91 Å². The molecule has 0 saturated carbocycles. The Morgan fingerprint density at radius 2 is 2.00 bits per heavy atom. The Bertz CT molecular complexity index is 191. The average Bonchev–Trinajstić information content (AvgIpc) is 2.29. The first kappa shape index (κ1) is 10.9. The first-order valence-corrected chi connectivity index (χ1v) is 5.90. The van der Waals surface area contributed by atoms with Crippen LogP contribution in [-0.4, -0.2) is 33.9 Å². The maximum atomic E-state index is 11.5. The molecule has 0 aromatic rings. The number of nitrogens with zero attached hydrogens (tertiary/aromatic N) is 1. The van der Waals surface area contributed by atoms with E-state index in [9.17, 15) is 4.79 Å². The van der Waals surface area contributed by atoms with Gasteiger partial charge in [-0.25, -0.2) is 0 Å². The van der Waals surface area contributed by atoms with Gasteiger partial charge >= 0.3 is 0 Å². The molecule has 0 aliphatic carbocycles. The fraction of sp³-hybridized carbons (Fsp3) is 0.900. The molecule has 1 atom stereocenters. The lowest BCUT2D eigenvalue weighted by molar-refractivity contribution is -0.129. The number of amides is 1. The molecule has 1 unspecified atom stereocenters. The molecule has 0 aromatic carbocycles. The van der Waals surface area contributed by atoms with Crippen LogP contribution in [0.15, 0.2) is 0 Å². The van der Waals surface area contributed by atoms with Gasteiger partial charge in [-0.3, -0.25) is 4.79 Å². The summed E-state index contributed by atoms with van der Waals surface area (Å²) in [5.74, 6) is 0.327. The summed E-state index contributed by atoms with van der Waals surface area (Å²) in [6.07, 6.45) is 0.737. The van der Waals surface area contributed by atoms with Gasteiger partial charge in [-0.1, -0.05) is 13.8 Å². The number of rotatable bonds is 3. The maximum Gasteiger partial charge on any atom is 0.224 e. The summed E-state index contributed by atoms with van der Waals surface area (Å²) < 4.78 is 0. The highest BCUT2D eigenvalue weighted by molar-refractivity contribution is 8.00. The van der Waals surface area contributed by atoms with E-state index in [2.05, 4.69) is 27.7 Å². The number of likely N-dealkylation sites (tertiary alicyclic amines) is 1. The lowest BCUT2D eigenvalue weighted by atomic mass is 10.3. The van der Waals surface area contributed by atoms with Crippen LogP contribution in [0.1, 0.15) is 34.1 Å². The third kappa shape index (κ3) is 2.90. The maximum absolute atomic E-state index is 11.5. The Balaban J connectivity index is 2.45. The number of thioether (sulfide) groups is 1. The molecule has 3 heteroatoms. The molecular formula is C10H19NOS. The van der Waals surface area contributed by atoms with Gasteiger partial charge in [0.05, 0.1) is 0 Å². The predicted octanol–water partition coefficient (Wildman–Crippen LogP) is 2.14. The van der Waals surface area contributed by atoms with Crippen molar-refractivity contribution in [1.29, 1.82) is 0 Å². The van der Waals surface area contributed by atoms with Gasteiger partial charge in [0.15, 0.2) is 0 Å². The Kier molecular flexibility index (Phi) is 3.65. The van der Waals surface area contributed by atoms with Crippen LogP contribution in [0.4, 0.5) is 0 Å². The fourth-order valence-electron chi connectivity index (χ4n) is 1.67. The van der Waals surface area contributed by atoms with Crippen molar-refractivity contribution < 1.29 is 4.79 Å². The normalized spacial score (nSPS) is 23.7. The van der Waals surface area contributed by atoms with E-state index in [1.807, 2.05) is 16.7 Å². The fourth-order valence-corrected chi connectivity index (χ4v) is 2.93. The molecule has 0 aromatic heterocycles. The largest absolute Gasteiger partial charge is 0.339 e. The Hall–Kier alpha value is -0.180. The monoisotopic (exact) mass is 201 g/mol. The molecule has 1 heterocycles. The molecule has 76 valence electrons. The number of carbonyl (C=O) groups is 1. The van der Waals surface area contributed by atoms with E-state index in [-0.39, 0.29) is 0 Å². The third-order valence-electron chi connectivity index (χ3n) is 2.21. The summed E-state index contributed by atoms with van der Waals surface area (Å²) >= 11 is 1.92. The van der Waals surface area contributed by atoms with Crippen molar-refractivity contribution in [1.82, 2.24) is 4.90 Å². The summed E-state index contributed by atoms with van der Waals surface area (Å²) in [4.78, 5) is 13.5. The summed E-state index contributed by atoms with van der Waals surface area (Å²) in [6.45, 7) is 9.49. The van der Waals surface area contributed by atoms with Crippen molar-refractivity contribution in [2.75, 3.05) is 6.54 Å². The smallest absolute Gasteiger partial charge is 0.224 e. The minimum absolute atomic E-state index is 0.327. The van der Waals surface area contributed by atoms with Crippen molar-refractivity contribution >= 4 is 17.7 Å². The molecule has 1 saturated heterocycles. The van der Waals surface area contributed by atoms with Crippen LogP contribution in [-0.2, 0) is 4.79 Å². The zero-order valence-electron chi connectivity index (χ0n) is 8.91. The molecule has 0 bridgehead atoms. The standard InChI is InChI=1S/C10H19NOS/c1-7(2)11-6-9(5-10(11)12)13-8(3)4/h7-9H,5-6H2,1-4H3. The zero-order chi connectivity index (χ0) is 10.0. The minimum atomic E-state index is 0.327. The van der Waals surface area contributed by atoms with E-state index >= 15 is 0 Å². The van der Waals surface area contributed by atoms with Crippen LogP contribution in [0, 0.1) is 0 Å². The molecule has 2 nitrogen and oxygen atoms in total. The van der Waals surface area contributed by atoms with Crippen LogP contribution in [0.5, 0.6) is 0 Å². The zero-order valence-corrected chi connectivity index (χ0v) is 9.73. The Labute approximate surface area is 85.1 Å². The van der Waals surface area contributed by atoms with E-state index in [4.69, 9.17) is 0 Å². The quantitative estimate of drug-likeness (QED) is 0.697. The molecule has 0 radical (unpaired) electrons. The van der Waals surface area contributed by atoms with Crippen LogP contribution in [0.3, 0.4) is 0 Å². The van der Waals surface area contributed by atoms with Crippen molar-refractivity contribution in [3.8, 4) is 0 Å². The van der Waals surface area contributed by atoms with E-state index in [0.717, 1.165) is 13.0 Å². The van der Waals surface area contributed by atoms with Gasteiger partial charge < -0.3 is 4.90 Å². The second-order valence-electron chi connectivity index (χ2n) is 4.15. The Morgan fingerprint density at radius 1 is 1.38 bits per heavy atom. The molecule has 1 amide bonds. The average molecular weight is 201 g/mol. The highest BCUT2D eigenvalue weighted by Gasteiger charge is 2.31. The topological polar surface area (TPSA) is 20.3 Å². The summed E-state index contributed by atoms with van der Waals surface area (Å²) in [7, 11) is 0. The number of carbonyl (C=O) groups excluding carboxylic acids is 1. The van der Waals surface area contributed by atoms with Gasteiger partial charge in [0.25, 0.3) is 0 Å². The molecule has 0 N–H and O–H groups in total. The number of hydrogen-bond acceptors (Lipinski definition) is 2. The molecule has 1 rings (SSSR count). The van der Waals surface area contributed by atoms with Crippen molar-refractivity contribution in [3.05, 3.63) is 0 Å². The van der Waals surface area contributed by atoms with Crippen molar-refractivity contribution in [3.63, 3.8) is 0 Å². The molecule has 1 aliphatic heterocycles. The SMILES string of the molecule is CC(C)SC1CC(=O)N(C(C)C)C1. The van der Waals surface area contributed by atoms with Gasteiger partial charge in [0, 0.05) is 24.3 Å². The Morgan fingerprint density at radius 3 is 2.38 bits per heavy atom. The first-order valence-electron chi connectivity index (χ1n) is 4.95. The molecule has 1 fully saturated rings. The van der Waals surface area contributed by atoms with Gasteiger partial charge in [-0.05, 0) is 19.1 Å². The van der Waals surface area contributed by atoms with E-state index in [1.54, 1.807) is 0 Å². The van der Waals surface area contributed by atoms with Crippen LogP contribution >= 0.6 is 11.8 Å². The molecular weight excluding hydrogens is 182 g/mol. The predicted molar refractivity (Wildman–Crippen MR) is 58.0 cm³/mol. The second-order valence-corrected chi connectivity index (χ2v) is 6.03. The van der Waals surface area contributed by atoms with E-state index in [1.165, 1.54) is 0 Å². The van der Waals surface area contributed by atoms with Gasteiger partial charge in [-0.15, -0.1) is 0 Å². The summed E-state index contributed by atoms with van der Waals surface area (Å²) in [6, 6.07) is 0.366. The van der Waals surface area contributed by atoms with Crippen LogP contribution in [0.25, 0.3) is 0 Å². The van der Waals surface area contributed by atoms with Crippen molar-refractivity contribution in [2.24, 2.45) is 0 Å². The summed E-state index contributed by atoms with van der Waals surface area (Å²) in [5.41, 5.74) is 0. The minimum Gasteiger partial charge on any atom is -0.339 e. The molecule has 0 spiro atoms. The lowest BCUT2D eigenvalue weighted by Crippen LogP contribution is -2.32. The first-order chi connectivity index (χ1) is 6.00. The van der Waals surface area contributed by atoms with Gasteiger partial charge in [-0.2, -0.15) is 11.8 Å². The number of hydrogen-bond donors (Lipinski definition) is 0. The molecule has 13 heavy (non-hydrogen) atoms. The van der Waals surface area contributed by atoms with E-state index in [0.29, 0.717) is 22.4 Å². The second kappa shape index (κ2) is 4.36. The van der Waals surface area contributed by atoms with Crippen LogP contribution < -0.4 is 0 Å². The highest BCUT2D eigenvalue weighted by Crippen LogP contribution is 2.27. The van der Waals surface area contributed by atoms with E-state index < -0.39 is 0 Å². The highest BCUT2D eigenvalue weighted by atomic mass is 32.2. The third-order valence-corrected chi connectivity index (χ3v) is 3.46. The summed E-state index contributed by atoms with van der Waals surface area (Å²) in [5, 5.41) is 1.15. The van der Waals surface area contributed by atoms with Crippen molar-refractivity contribution in [2.45, 2.75) is 50.7 Å². The van der Waals surface area contributed by atoms with Crippen LogP contribution in [0.2, 0.25) is 0 Å². The molecule has 1 aliphatic rings. The van der Waals surface area contributed by atoms with Gasteiger partial charge in [0.1, 0.15) is 0 Å².